The van der Waals surface area contributed by atoms with Crippen LogP contribution in [0.4, 0.5) is 4.39 Å². The third-order valence-electron chi connectivity index (χ3n) is 3.58. The summed E-state index contributed by atoms with van der Waals surface area (Å²) in [6.45, 7) is 2.52. The molecule has 0 spiro atoms. The first kappa shape index (κ1) is 15.7. The number of aromatic nitrogens is 1. The maximum Gasteiger partial charge on any atom is 0.226 e. The fourth-order valence-electron chi connectivity index (χ4n) is 2.26. The van der Waals surface area contributed by atoms with E-state index in [1.807, 2.05) is 25.1 Å². The van der Waals surface area contributed by atoms with Gasteiger partial charge < -0.3 is 9.73 Å². The van der Waals surface area contributed by atoms with Gasteiger partial charge in [0.2, 0.25) is 5.89 Å². The molecule has 1 aromatic heterocycles. The van der Waals surface area contributed by atoms with Crippen LogP contribution in [0.5, 0.6) is 0 Å². The number of nitrogens with one attached hydrogen (secondary N) is 1. The average molecular weight is 331 g/mol. The molecule has 118 valence electrons. The third-order valence-corrected chi connectivity index (χ3v) is 3.83. The zero-order chi connectivity index (χ0) is 16.2. The van der Waals surface area contributed by atoms with Crippen LogP contribution < -0.4 is 5.32 Å². The molecule has 0 saturated heterocycles. The van der Waals surface area contributed by atoms with E-state index in [2.05, 4.69) is 10.3 Å². The molecule has 1 atom stereocenters. The van der Waals surface area contributed by atoms with Crippen molar-refractivity contribution in [3.8, 4) is 11.5 Å². The molecule has 0 aliphatic rings. The molecule has 0 fully saturated rings. The topological polar surface area (TPSA) is 38.1 Å². The van der Waals surface area contributed by atoms with E-state index in [4.69, 9.17) is 16.0 Å². The molecule has 3 rings (SSSR count). The van der Waals surface area contributed by atoms with Gasteiger partial charge in [0.15, 0.2) is 0 Å². The summed E-state index contributed by atoms with van der Waals surface area (Å²) in [5, 5.41) is 3.98. The second kappa shape index (κ2) is 6.94. The minimum absolute atomic E-state index is 0.0152. The van der Waals surface area contributed by atoms with Crippen molar-refractivity contribution in [3.05, 3.63) is 76.9 Å². The summed E-state index contributed by atoms with van der Waals surface area (Å²) < 4.78 is 18.7. The molecule has 2 aromatic carbocycles. The first-order chi connectivity index (χ1) is 11.1. The Morgan fingerprint density at radius 2 is 2.00 bits per heavy atom. The predicted octanol–water partition coefficient (Wildman–Crippen LogP) is 4.98. The lowest BCUT2D eigenvalue weighted by Crippen LogP contribution is -2.18. The lowest BCUT2D eigenvalue weighted by Gasteiger charge is -2.13. The van der Waals surface area contributed by atoms with Gasteiger partial charge in [-0.2, -0.15) is 0 Å². The monoisotopic (exact) mass is 330 g/mol. The number of benzene rings is 2. The average Bonchev–Trinajstić information content (AvgIpc) is 3.02. The molecule has 0 bridgehead atoms. The van der Waals surface area contributed by atoms with E-state index < -0.39 is 0 Å². The number of halogens is 2. The van der Waals surface area contributed by atoms with Gasteiger partial charge in [-0.3, -0.25) is 0 Å². The van der Waals surface area contributed by atoms with Crippen LogP contribution in [0.3, 0.4) is 0 Å². The molecular weight excluding hydrogens is 315 g/mol. The Morgan fingerprint density at radius 1 is 1.22 bits per heavy atom. The molecule has 3 aromatic rings. The maximum absolute atomic E-state index is 13.2. The van der Waals surface area contributed by atoms with Crippen LogP contribution in [0.15, 0.2) is 59.2 Å². The molecule has 5 heteroatoms. The Bertz CT molecular complexity index is 786. The lowest BCUT2D eigenvalue weighted by molar-refractivity contribution is 0.549. The van der Waals surface area contributed by atoms with Crippen LogP contribution in [0.1, 0.15) is 24.2 Å². The minimum Gasteiger partial charge on any atom is -0.444 e. The van der Waals surface area contributed by atoms with Crippen molar-refractivity contribution < 1.29 is 8.81 Å². The van der Waals surface area contributed by atoms with E-state index in [1.54, 1.807) is 24.5 Å². The maximum atomic E-state index is 13.2. The van der Waals surface area contributed by atoms with Gasteiger partial charge in [0.1, 0.15) is 12.1 Å². The van der Waals surface area contributed by atoms with Gasteiger partial charge in [0.25, 0.3) is 0 Å². The van der Waals surface area contributed by atoms with E-state index in [1.165, 1.54) is 12.1 Å². The molecule has 1 N–H and O–H groups in total. The first-order valence-electron chi connectivity index (χ1n) is 7.31. The summed E-state index contributed by atoms with van der Waals surface area (Å²) >= 11 is 5.87. The number of oxazole rings is 1. The predicted molar refractivity (Wildman–Crippen MR) is 88.6 cm³/mol. The Kier molecular flexibility index (Phi) is 4.74. The van der Waals surface area contributed by atoms with Crippen molar-refractivity contribution in [2.24, 2.45) is 0 Å². The normalized spacial score (nSPS) is 12.3. The number of nitrogens with zero attached hydrogens (tertiary/aromatic N) is 1. The molecular formula is C18H16ClFN2O. The van der Waals surface area contributed by atoms with E-state index in [0.717, 1.165) is 16.8 Å². The summed E-state index contributed by atoms with van der Waals surface area (Å²) in [5.41, 5.74) is 2.56. The van der Waals surface area contributed by atoms with Crippen LogP contribution >= 0.6 is 11.6 Å². The van der Waals surface area contributed by atoms with Crippen molar-refractivity contribution >= 4 is 11.6 Å². The molecule has 0 saturated carbocycles. The smallest absolute Gasteiger partial charge is 0.226 e. The molecule has 0 aliphatic heterocycles. The van der Waals surface area contributed by atoms with Gasteiger partial charge in [-0.1, -0.05) is 23.7 Å². The molecule has 23 heavy (non-hydrogen) atoms. The van der Waals surface area contributed by atoms with Gasteiger partial charge in [-0.25, -0.2) is 9.37 Å². The zero-order valence-electron chi connectivity index (χ0n) is 12.6. The van der Waals surface area contributed by atoms with E-state index >= 15 is 0 Å². The molecule has 3 nitrogen and oxygen atoms in total. The summed E-state index contributed by atoms with van der Waals surface area (Å²) in [7, 11) is 0. The van der Waals surface area contributed by atoms with Crippen LogP contribution in [0.2, 0.25) is 5.02 Å². The number of hydrogen-bond acceptors (Lipinski definition) is 3. The van der Waals surface area contributed by atoms with Gasteiger partial charge in [0, 0.05) is 23.2 Å². The van der Waals surface area contributed by atoms with Crippen LogP contribution in [-0.4, -0.2) is 4.98 Å². The summed E-state index contributed by atoms with van der Waals surface area (Å²) in [6.07, 6.45) is 1.62. The molecule has 0 radical (unpaired) electrons. The third kappa shape index (κ3) is 3.97. The van der Waals surface area contributed by atoms with Gasteiger partial charge >= 0.3 is 0 Å². The van der Waals surface area contributed by atoms with E-state index in [9.17, 15) is 4.39 Å². The fraction of sp³-hybridized carbons (Fsp3) is 0.167. The highest BCUT2D eigenvalue weighted by Crippen LogP contribution is 2.21. The Morgan fingerprint density at radius 3 is 2.74 bits per heavy atom. The highest BCUT2D eigenvalue weighted by atomic mass is 35.5. The van der Waals surface area contributed by atoms with Crippen molar-refractivity contribution in [3.63, 3.8) is 0 Å². The molecule has 1 heterocycles. The second-order valence-corrected chi connectivity index (χ2v) is 5.74. The first-order valence-corrected chi connectivity index (χ1v) is 7.69. The molecule has 0 amide bonds. The Balaban J connectivity index is 1.64. The van der Waals surface area contributed by atoms with E-state index in [0.29, 0.717) is 17.5 Å². The largest absolute Gasteiger partial charge is 0.444 e. The molecule has 0 aliphatic carbocycles. The number of rotatable bonds is 5. The van der Waals surface area contributed by atoms with E-state index in [-0.39, 0.29) is 11.9 Å². The van der Waals surface area contributed by atoms with Crippen molar-refractivity contribution in [2.45, 2.75) is 19.5 Å². The van der Waals surface area contributed by atoms with Crippen molar-refractivity contribution in [1.82, 2.24) is 10.3 Å². The van der Waals surface area contributed by atoms with Gasteiger partial charge in [0.05, 0.1) is 5.69 Å². The van der Waals surface area contributed by atoms with Crippen molar-refractivity contribution in [1.29, 1.82) is 0 Å². The number of hydrogen-bond donors (Lipinski definition) is 1. The van der Waals surface area contributed by atoms with Crippen LogP contribution in [-0.2, 0) is 6.54 Å². The highest BCUT2D eigenvalue weighted by molar-refractivity contribution is 6.30. The van der Waals surface area contributed by atoms with Crippen LogP contribution in [0.25, 0.3) is 11.5 Å². The van der Waals surface area contributed by atoms with Crippen molar-refractivity contribution in [2.75, 3.05) is 0 Å². The summed E-state index contributed by atoms with van der Waals surface area (Å²) in [6, 6.07) is 13.9. The highest BCUT2D eigenvalue weighted by Gasteiger charge is 2.09. The second-order valence-electron chi connectivity index (χ2n) is 5.31. The van der Waals surface area contributed by atoms with Gasteiger partial charge in [-0.15, -0.1) is 0 Å². The fourth-order valence-corrected chi connectivity index (χ4v) is 2.39. The zero-order valence-corrected chi connectivity index (χ0v) is 13.3. The summed E-state index contributed by atoms with van der Waals surface area (Å²) in [5.74, 6) is 0.319. The van der Waals surface area contributed by atoms with Crippen LogP contribution in [0, 0.1) is 5.82 Å². The quantitative estimate of drug-likeness (QED) is 0.716. The van der Waals surface area contributed by atoms with Gasteiger partial charge in [-0.05, 0) is 48.9 Å². The lowest BCUT2D eigenvalue weighted by atomic mass is 10.1. The molecule has 0 unspecified atom stereocenters. The standard InChI is InChI=1S/C18H16ClFN2O/c1-12(14-3-2-4-16(20)9-14)21-10-17-11-23-18(22-17)13-5-7-15(19)8-6-13/h2-9,11-12,21H,10H2,1H3/t12-/m1/s1. The Hall–Kier alpha value is -2.17. The Labute approximate surface area is 139 Å². The summed E-state index contributed by atoms with van der Waals surface area (Å²) in [4.78, 5) is 4.45. The SMILES string of the molecule is C[C@@H](NCc1coc(-c2ccc(Cl)cc2)n1)c1cccc(F)c1. The minimum atomic E-state index is -0.234.